The molecule has 4 aromatic carbocycles. The van der Waals surface area contributed by atoms with Gasteiger partial charge in [-0.25, -0.2) is 0 Å². The maximum Gasteiger partial charge on any atom is 0.124 e. The maximum atomic E-state index is 6.03. The molecule has 0 amide bonds. The molecular formula is C25H24N2O. The van der Waals surface area contributed by atoms with Gasteiger partial charge in [0.1, 0.15) is 12.4 Å². The number of anilines is 1. The summed E-state index contributed by atoms with van der Waals surface area (Å²) in [6.45, 7) is 3.04. The van der Waals surface area contributed by atoms with E-state index in [0.717, 1.165) is 39.1 Å². The minimum absolute atomic E-state index is 0.428. The molecule has 140 valence electrons. The third-order valence-electron chi connectivity index (χ3n) is 5.03. The van der Waals surface area contributed by atoms with Crippen LogP contribution in [0.3, 0.4) is 0 Å². The molecule has 0 aliphatic rings. The number of hydrogen-bond acceptors (Lipinski definition) is 3. The first kappa shape index (κ1) is 18.1. The van der Waals surface area contributed by atoms with Crippen LogP contribution in [-0.2, 0) is 13.2 Å². The molecule has 0 aromatic heterocycles. The predicted octanol–water partition coefficient (Wildman–Crippen LogP) is 5.44. The molecule has 0 bridgehead atoms. The molecule has 0 spiro atoms. The molecule has 0 aliphatic carbocycles. The minimum atomic E-state index is 0.428. The van der Waals surface area contributed by atoms with E-state index in [1.54, 1.807) is 0 Å². The number of aryl methyl sites for hydroxylation is 1. The number of fused-ring (bicyclic) bond motifs is 1. The Morgan fingerprint density at radius 1 is 0.821 bits per heavy atom. The van der Waals surface area contributed by atoms with Crippen molar-refractivity contribution in [2.75, 3.05) is 5.73 Å². The minimum Gasteiger partial charge on any atom is -0.489 e. The van der Waals surface area contributed by atoms with Gasteiger partial charge in [0.2, 0.25) is 0 Å². The van der Waals surface area contributed by atoms with E-state index in [-0.39, 0.29) is 0 Å². The lowest BCUT2D eigenvalue weighted by Crippen LogP contribution is -2.03. The summed E-state index contributed by atoms with van der Waals surface area (Å²) in [6, 6.07) is 26.8. The van der Waals surface area contributed by atoms with Crippen LogP contribution in [0.1, 0.15) is 16.7 Å². The lowest BCUT2D eigenvalue weighted by Gasteiger charge is -2.13. The Labute approximate surface area is 165 Å². The second kappa shape index (κ2) is 7.75. The summed E-state index contributed by atoms with van der Waals surface area (Å²) in [5.74, 6) is 0.830. The van der Waals surface area contributed by atoms with Crippen LogP contribution in [0, 0.1) is 6.92 Å². The molecule has 0 fully saturated rings. The second-order valence-electron chi connectivity index (χ2n) is 7.07. The Kier molecular flexibility index (Phi) is 5.00. The van der Waals surface area contributed by atoms with E-state index in [1.807, 2.05) is 36.4 Å². The Balaban J connectivity index is 1.64. The van der Waals surface area contributed by atoms with Crippen LogP contribution in [0.2, 0.25) is 0 Å². The van der Waals surface area contributed by atoms with Gasteiger partial charge in [-0.2, -0.15) is 0 Å². The molecule has 4 rings (SSSR count). The van der Waals surface area contributed by atoms with Crippen molar-refractivity contribution in [2.24, 2.45) is 5.73 Å². The van der Waals surface area contributed by atoms with Gasteiger partial charge < -0.3 is 16.2 Å². The summed E-state index contributed by atoms with van der Waals surface area (Å²) < 4.78 is 6.01. The summed E-state index contributed by atoms with van der Waals surface area (Å²) in [4.78, 5) is 0. The van der Waals surface area contributed by atoms with E-state index in [4.69, 9.17) is 16.2 Å². The van der Waals surface area contributed by atoms with Crippen LogP contribution in [0.15, 0.2) is 78.9 Å². The van der Waals surface area contributed by atoms with Crippen molar-refractivity contribution in [3.63, 3.8) is 0 Å². The summed E-state index contributed by atoms with van der Waals surface area (Å²) in [5.41, 5.74) is 18.4. The smallest absolute Gasteiger partial charge is 0.124 e. The van der Waals surface area contributed by atoms with E-state index >= 15 is 0 Å². The van der Waals surface area contributed by atoms with Gasteiger partial charge in [0.15, 0.2) is 0 Å². The average Bonchev–Trinajstić information content (AvgIpc) is 2.72. The third-order valence-corrected chi connectivity index (χ3v) is 5.03. The first-order valence-electron chi connectivity index (χ1n) is 9.44. The Morgan fingerprint density at radius 2 is 1.57 bits per heavy atom. The van der Waals surface area contributed by atoms with Gasteiger partial charge in [0, 0.05) is 17.8 Å². The molecule has 4 aromatic rings. The van der Waals surface area contributed by atoms with Crippen LogP contribution < -0.4 is 16.2 Å². The number of nitrogens with two attached hydrogens (primary N) is 2. The van der Waals surface area contributed by atoms with Crippen LogP contribution in [0.4, 0.5) is 5.69 Å². The summed E-state index contributed by atoms with van der Waals surface area (Å²) >= 11 is 0. The van der Waals surface area contributed by atoms with E-state index in [9.17, 15) is 0 Å². The number of rotatable bonds is 5. The van der Waals surface area contributed by atoms with Crippen molar-refractivity contribution in [3.05, 3.63) is 95.6 Å². The third kappa shape index (κ3) is 3.71. The largest absolute Gasteiger partial charge is 0.489 e. The predicted molar refractivity (Wildman–Crippen MR) is 117 cm³/mol. The monoisotopic (exact) mass is 368 g/mol. The topological polar surface area (TPSA) is 61.3 Å². The van der Waals surface area contributed by atoms with Gasteiger partial charge in [-0.1, -0.05) is 48.5 Å². The standard InChI is InChI=1S/C25H24N2O/c1-17-11-23(27)14-21-12-19(7-9-24(17)21)20-8-10-25(22(13-20)15-26)28-16-18-5-3-2-4-6-18/h2-14H,15-16,26-27H2,1H3. The molecule has 0 unspecified atom stereocenters. The molecule has 0 atom stereocenters. The Bertz CT molecular complexity index is 1120. The van der Waals surface area contributed by atoms with Crippen LogP contribution in [0.5, 0.6) is 5.75 Å². The zero-order valence-corrected chi connectivity index (χ0v) is 16.0. The zero-order valence-electron chi connectivity index (χ0n) is 16.0. The fourth-order valence-electron chi connectivity index (χ4n) is 3.56. The highest BCUT2D eigenvalue weighted by Gasteiger charge is 2.08. The molecule has 0 aliphatic heterocycles. The van der Waals surface area contributed by atoms with E-state index in [2.05, 4.69) is 49.4 Å². The normalized spacial score (nSPS) is 10.9. The van der Waals surface area contributed by atoms with E-state index in [1.165, 1.54) is 10.9 Å². The quantitative estimate of drug-likeness (QED) is 0.461. The highest BCUT2D eigenvalue weighted by molar-refractivity contribution is 5.92. The van der Waals surface area contributed by atoms with E-state index < -0.39 is 0 Å². The maximum absolute atomic E-state index is 6.03. The second-order valence-corrected chi connectivity index (χ2v) is 7.07. The molecule has 0 heterocycles. The molecule has 3 nitrogen and oxygen atoms in total. The molecule has 0 saturated heterocycles. The van der Waals surface area contributed by atoms with Crippen molar-refractivity contribution in [1.82, 2.24) is 0 Å². The fourth-order valence-corrected chi connectivity index (χ4v) is 3.56. The van der Waals surface area contributed by atoms with Crippen molar-refractivity contribution >= 4 is 16.5 Å². The highest BCUT2D eigenvalue weighted by atomic mass is 16.5. The van der Waals surface area contributed by atoms with Crippen molar-refractivity contribution < 1.29 is 4.74 Å². The van der Waals surface area contributed by atoms with Crippen molar-refractivity contribution in [2.45, 2.75) is 20.1 Å². The molecule has 4 N–H and O–H groups in total. The first-order chi connectivity index (χ1) is 13.6. The van der Waals surface area contributed by atoms with Gasteiger partial charge in [-0.05, 0) is 70.3 Å². The average molecular weight is 368 g/mol. The zero-order chi connectivity index (χ0) is 19.5. The summed E-state index contributed by atoms with van der Waals surface area (Å²) in [5, 5.41) is 2.37. The highest BCUT2D eigenvalue weighted by Crippen LogP contribution is 2.31. The molecule has 3 heteroatoms. The molecular weight excluding hydrogens is 344 g/mol. The van der Waals surface area contributed by atoms with Crippen LogP contribution >= 0.6 is 0 Å². The SMILES string of the molecule is Cc1cc(N)cc2cc(-c3ccc(OCc4ccccc4)c(CN)c3)ccc12. The summed E-state index contributed by atoms with van der Waals surface area (Å²) in [7, 11) is 0. The molecule has 28 heavy (non-hydrogen) atoms. The van der Waals surface area contributed by atoms with Gasteiger partial charge in [0.25, 0.3) is 0 Å². The molecule has 0 saturated carbocycles. The number of benzene rings is 4. The van der Waals surface area contributed by atoms with Crippen molar-refractivity contribution in [1.29, 1.82) is 0 Å². The Morgan fingerprint density at radius 3 is 2.36 bits per heavy atom. The van der Waals surface area contributed by atoms with Gasteiger partial charge >= 0.3 is 0 Å². The number of ether oxygens (including phenoxy) is 1. The van der Waals surface area contributed by atoms with Crippen LogP contribution in [-0.4, -0.2) is 0 Å². The van der Waals surface area contributed by atoms with Crippen molar-refractivity contribution in [3.8, 4) is 16.9 Å². The fraction of sp³-hybridized carbons (Fsp3) is 0.120. The lowest BCUT2D eigenvalue weighted by atomic mass is 9.97. The van der Waals surface area contributed by atoms with Gasteiger partial charge in [-0.3, -0.25) is 0 Å². The lowest BCUT2D eigenvalue weighted by molar-refractivity contribution is 0.303. The molecule has 0 radical (unpaired) electrons. The Hall–Kier alpha value is -3.30. The first-order valence-corrected chi connectivity index (χ1v) is 9.44. The van der Waals surface area contributed by atoms with E-state index in [0.29, 0.717) is 13.2 Å². The summed E-state index contributed by atoms with van der Waals surface area (Å²) in [6.07, 6.45) is 0. The number of nitrogen functional groups attached to an aromatic ring is 1. The van der Waals surface area contributed by atoms with Crippen LogP contribution in [0.25, 0.3) is 21.9 Å². The number of hydrogen-bond donors (Lipinski definition) is 2. The van der Waals surface area contributed by atoms with Gasteiger partial charge in [0.05, 0.1) is 0 Å². The van der Waals surface area contributed by atoms with Gasteiger partial charge in [-0.15, -0.1) is 0 Å².